The van der Waals surface area contributed by atoms with Crippen LogP contribution in [0.1, 0.15) is 22.3 Å². The van der Waals surface area contributed by atoms with Gasteiger partial charge < -0.3 is 4.90 Å². The molecule has 0 spiro atoms. The molecule has 0 atom stereocenters. The molecule has 0 saturated heterocycles. The quantitative estimate of drug-likeness (QED) is 0.223. The van der Waals surface area contributed by atoms with Crippen LogP contribution < -0.4 is 4.90 Å². The van der Waals surface area contributed by atoms with Gasteiger partial charge in [-0.3, -0.25) is 0 Å². The van der Waals surface area contributed by atoms with Gasteiger partial charge in [-0.25, -0.2) is 0 Å². The number of hydrogen-bond donors (Lipinski definition) is 0. The number of para-hydroxylation sites is 2. The topological polar surface area (TPSA) is 3.24 Å². The second-order valence-electron chi connectivity index (χ2n) is 9.74. The average molecular weight is 518 g/mol. The smallest absolute Gasteiger partial charge is 0.0724 e. The van der Waals surface area contributed by atoms with E-state index in [1.807, 2.05) is 11.8 Å². The fourth-order valence-electron chi connectivity index (χ4n) is 5.97. The van der Waals surface area contributed by atoms with Crippen molar-refractivity contribution in [3.8, 4) is 0 Å². The first kappa shape index (κ1) is 23.6. The Morgan fingerprint density at radius 1 is 0.410 bits per heavy atom. The molecular formula is C37H27NS. The Bertz CT molecular complexity index is 1640. The predicted molar refractivity (Wildman–Crippen MR) is 164 cm³/mol. The lowest BCUT2D eigenvalue weighted by molar-refractivity contribution is 0.703. The van der Waals surface area contributed by atoms with Crippen LogP contribution in [0.25, 0.3) is 0 Å². The summed E-state index contributed by atoms with van der Waals surface area (Å²) in [6.07, 6.45) is 0. The minimum Gasteiger partial charge on any atom is -0.309 e. The number of anilines is 3. The molecule has 0 amide bonds. The van der Waals surface area contributed by atoms with Gasteiger partial charge in [0, 0.05) is 21.2 Å². The van der Waals surface area contributed by atoms with Gasteiger partial charge in [0.2, 0.25) is 0 Å². The van der Waals surface area contributed by atoms with Crippen molar-refractivity contribution in [3.63, 3.8) is 0 Å². The first-order chi connectivity index (χ1) is 19.4. The van der Waals surface area contributed by atoms with E-state index < -0.39 is 5.41 Å². The zero-order valence-electron chi connectivity index (χ0n) is 21.4. The van der Waals surface area contributed by atoms with E-state index in [4.69, 9.17) is 0 Å². The van der Waals surface area contributed by atoms with Gasteiger partial charge in [0.25, 0.3) is 0 Å². The van der Waals surface area contributed by atoms with Crippen LogP contribution in [0.15, 0.2) is 174 Å². The molecule has 2 heteroatoms. The summed E-state index contributed by atoms with van der Waals surface area (Å²) in [5.41, 5.74) is 8.18. The molecule has 0 saturated carbocycles. The highest BCUT2D eigenvalue weighted by atomic mass is 32.2. The third kappa shape index (κ3) is 3.88. The average Bonchev–Trinajstić information content (AvgIpc) is 3.02. The summed E-state index contributed by atoms with van der Waals surface area (Å²) in [6.45, 7) is 0. The molecule has 0 fully saturated rings. The zero-order chi connectivity index (χ0) is 26.1. The van der Waals surface area contributed by atoms with E-state index in [0.717, 1.165) is 11.4 Å². The molecule has 6 aromatic carbocycles. The van der Waals surface area contributed by atoms with Gasteiger partial charge >= 0.3 is 0 Å². The van der Waals surface area contributed by atoms with E-state index in [1.165, 1.54) is 37.7 Å². The molecule has 0 bridgehead atoms. The van der Waals surface area contributed by atoms with E-state index in [0.29, 0.717) is 0 Å². The SMILES string of the molecule is c1ccc(N(c2ccccc2)c2cccc3c2Sc2ccccc2C3(c2ccccc2)c2ccccc2)cc1. The first-order valence-corrected chi connectivity index (χ1v) is 14.1. The van der Waals surface area contributed by atoms with Crippen LogP contribution in [0, 0.1) is 0 Å². The number of rotatable bonds is 5. The minimum atomic E-state index is -0.450. The van der Waals surface area contributed by atoms with Crippen LogP contribution in [-0.4, -0.2) is 0 Å². The van der Waals surface area contributed by atoms with Crippen molar-refractivity contribution in [3.05, 3.63) is 186 Å². The predicted octanol–water partition coefficient (Wildman–Crippen LogP) is 10.0. The lowest BCUT2D eigenvalue weighted by Crippen LogP contribution is -2.34. The van der Waals surface area contributed by atoms with Gasteiger partial charge in [-0.05, 0) is 58.7 Å². The third-order valence-corrected chi connectivity index (χ3v) is 8.79. The lowest BCUT2D eigenvalue weighted by atomic mass is 9.64. The number of fused-ring (bicyclic) bond motifs is 2. The Morgan fingerprint density at radius 3 is 1.44 bits per heavy atom. The van der Waals surface area contributed by atoms with E-state index in [9.17, 15) is 0 Å². The Hall–Kier alpha value is -4.53. The fourth-order valence-corrected chi connectivity index (χ4v) is 7.26. The summed E-state index contributed by atoms with van der Waals surface area (Å²) >= 11 is 1.88. The second-order valence-corrected chi connectivity index (χ2v) is 10.8. The van der Waals surface area contributed by atoms with Crippen LogP contribution in [0.4, 0.5) is 17.1 Å². The van der Waals surface area contributed by atoms with Crippen molar-refractivity contribution in [1.82, 2.24) is 0 Å². The molecule has 0 aromatic heterocycles. The van der Waals surface area contributed by atoms with Crippen LogP contribution in [0.2, 0.25) is 0 Å². The molecular weight excluding hydrogens is 490 g/mol. The standard InChI is InChI=1S/C37H27NS/c1-5-16-28(17-6-1)37(29-18-7-2-8-19-29)32-24-13-14-27-35(32)39-36-33(37)25-15-26-34(36)38(30-20-9-3-10-21-30)31-22-11-4-12-23-31/h1-27H. The maximum atomic E-state index is 2.39. The Morgan fingerprint density at radius 2 is 0.872 bits per heavy atom. The molecule has 186 valence electrons. The lowest BCUT2D eigenvalue weighted by Gasteiger charge is -2.43. The van der Waals surface area contributed by atoms with Crippen LogP contribution in [-0.2, 0) is 5.41 Å². The van der Waals surface area contributed by atoms with E-state index in [1.54, 1.807) is 0 Å². The van der Waals surface area contributed by atoms with Crippen molar-refractivity contribution in [1.29, 1.82) is 0 Å². The van der Waals surface area contributed by atoms with Gasteiger partial charge in [-0.15, -0.1) is 0 Å². The Kier molecular flexibility index (Phi) is 6.03. The molecule has 1 nitrogen and oxygen atoms in total. The molecule has 0 radical (unpaired) electrons. The molecule has 0 aliphatic carbocycles. The van der Waals surface area contributed by atoms with Crippen molar-refractivity contribution in [2.45, 2.75) is 15.2 Å². The molecule has 39 heavy (non-hydrogen) atoms. The summed E-state index contributed by atoms with van der Waals surface area (Å²) in [4.78, 5) is 4.95. The third-order valence-electron chi connectivity index (χ3n) is 7.58. The summed E-state index contributed by atoms with van der Waals surface area (Å²) in [7, 11) is 0. The maximum absolute atomic E-state index is 2.39. The van der Waals surface area contributed by atoms with Crippen LogP contribution in [0.3, 0.4) is 0 Å². The largest absolute Gasteiger partial charge is 0.309 e. The summed E-state index contributed by atoms with van der Waals surface area (Å²) in [5, 5.41) is 0. The molecule has 1 heterocycles. The summed E-state index contributed by atoms with van der Waals surface area (Å²) in [6, 6.07) is 59.1. The van der Waals surface area contributed by atoms with Crippen molar-refractivity contribution in [2.24, 2.45) is 0 Å². The summed E-state index contributed by atoms with van der Waals surface area (Å²) < 4.78 is 0. The number of nitrogens with zero attached hydrogens (tertiary/aromatic N) is 1. The second kappa shape index (κ2) is 9.98. The molecule has 6 aromatic rings. The molecule has 1 aliphatic rings. The van der Waals surface area contributed by atoms with Crippen molar-refractivity contribution >= 4 is 28.8 Å². The van der Waals surface area contributed by atoms with Crippen LogP contribution in [0.5, 0.6) is 0 Å². The fraction of sp³-hybridized carbons (Fsp3) is 0.0270. The molecule has 0 unspecified atom stereocenters. The zero-order valence-corrected chi connectivity index (χ0v) is 22.3. The Labute approximate surface area is 234 Å². The number of hydrogen-bond acceptors (Lipinski definition) is 2. The molecule has 1 aliphatic heterocycles. The van der Waals surface area contributed by atoms with Crippen LogP contribution >= 0.6 is 11.8 Å². The highest BCUT2D eigenvalue weighted by Gasteiger charge is 2.45. The highest BCUT2D eigenvalue weighted by Crippen LogP contribution is 2.58. The summed E-state index contributed by atoms with van der Waals surface area (Å²) in [5.74, 6) is 0. The van der Waals surface area contributed by atoms with E-state index >= 15 is 0 Å². The first-order valence-electron chi connectivity index (χ1n) is 13.3. The Balaban J connectivity index is 1.59. The maximum Gasteiger partial charge on any atom is 0.0724 e. The molecule has 0 N–H and O–H groups in total. The van der Waals surface area contributed by atoms with E-state index in [2.05, 4.69) is 169 Å². The normalized spacial score (nSPS) is 13.2. The van der Waals surface area contributed by atoms with Crippen molar-refractivity contribution in [2.75, 3.05) is 4.90 Å². The van der Waals surface area contributed by atoms with Gasteiger partial charge in [-0.2, -0.15) is 0 Å². The van der Waals surface area contributed by atoms with Gasteiger partial charge in [0.05, 0.1) is 11.1 Å². The van der Waals surface area contributed by atoms with E-state index in [-0.39, 0.29) is 0 Å². The number of benzene rings is 6. The van der Waals surface area contributed by atoms with Gasteiger partial charge in [0.15, 0.2) is 0 Å². The van der Waals surface area contributed by atoms with Crippen molar-refractivity contribution < 1.29 is 0 Å². The van der Waals surface area contributed by atoms with Gasteiger partial charge in [-0.1, -0.05) is 139 Å². The monoisotopic (exact) mass is 517 g/mol. The molecule has 7 rings (SSSR count). The van der Waals surface area contributed by atoms with Gasteiger partial charge in [0.1, 0.15) is 0 Å². The highest BCUT2D eigenvalue weighted by molar-refractivity contribution is 7.99. The minimum absolute atomic E-state index is 0.450.